The van der Waals surface area contributed by atoms with Crippen molar-refractivity contribution >= 4 is 11.0 Å². The Kier molecular flexibility index (Phi) is 4.06. The number of imidazole rings is 1. The molecule has 0 saturated heterocycles. The van der Waals surface area contributed by atoms with E-state index in [0.717, 1.165) is 18.4 Å². The van der Waals surface area contributed by atoms with E-state index in [1.807, 2.05) is 0 Å². The summed E-state index contributed by atoms with van der Waals surface area (Å²) in [5.41, 5.74) is 2.46. The van der Waals surface area contributed by atoms with E-state index in [0.29, 0.717) is 12.1 Å². The smallest absolute Gasteiger partial charge is 0.110 e. The summed E-state index contributed by atoms with van der Waals surface area (Å²) in [6.07, 6.45) is 7.45. The Morgan fingerprint density at radius 3 is 2.85 bits per heavy atom. The molecule has 0 spiro atoms. The van der Waals surface area contributed by atoms with E-state index in [9.17, 15) is 0 Å². The number of aryl methyl sites for hydroxylation is 1. The van der Waals surface area contributed by atoms with E-state index in [4.69, 9.17) is 4.98 Å². The summed E-state index contributed by atoms with van der Waals surface area (Å²) in [5.74, 6) is 1.26. The second-order valence-corrected chi connectivity index (χ2v) is 5.88. The van der Waals surface area contributed by atoms with Crippen LogP contribution in [0.2, 0.25) is 0 Å². The van der Waals surface area contributed by atoms with Gasteiger partial charge in [-0.25, -0.2) is 4.98 Å². The van der Waals surface area contributed by atoms with Gasteiger partial charge in [0.1, 0.15) is 5.82 Å². The van der Waals surface area contributed by atoms with Gasteiger partial charge in [0.2, 0.25) is 0 Å². The zero-order valence-corrected chi connectivity index (χ0v) is 12.6. The molecule has 1 N–H and O–H groups in total. The van der Waals surface area contributed by atoms with E-state index in [1.54, 1.807) is 0 Å². The van der Waals surface area contributed by atoms with Gasteiger partial charge in [0.05, 0.1) is 17.1 Å². The standard InChI is InChI=1S/C17H25N3/c1-3-8-17-19-14-10-5-7-12-16(14)20(17)15-11-6-4-9-13(15)18-2/h5,7,10,12-13,15,18H,3-4,6,8-9,11H2,1-2H3. The van der Waals surface area contributed by atoms with E-state index >= 15 is 0 Å². The number of nitrogens with one attached hydrogen (secondary N) is 1. The van der Waals surface area contributed by atoms with Gasteiger partial charge in [0.25, 0.3) is 0 Å². The molecule has 3 nitrogen and oxygen atoms in total. The maximum Gasteiger partial charge on any atom is 0.110 e. The molecular formula is C17H25N3. The lowest BCUT2D eigenvalue weighted by Gasteiger charge is -2.33. The molecule has 2 atom stereocenters. The van der Waals surface area contributed by atoms with Crippen molar-refractivity contribution in [1.29, 1.82) is 0 Å². The van der Waals surface area contributed by atoms with Gasteiger partial charge in [-0.2, -0.15) is 0 Å². The van der Waals surface area contributed by atoms with Crippen LogP contribution in [0.25, 0.3) is 11.0 Å². The number of para-hydroxylation sites is 2. The van der Waals surface area contributed by atoms with Crippen molar-refractivity contribution in [3.05, 3.63) is 30.1 Å². The zero-order valence-electron chi connectivity index (χ0n) is 12.6. The number of likely N-dealkylation sites (N-methyl/N-ethyl adjacent to an activating group) is 1. The van der Waals surface area contributed by atoms with Crippen LogP contribution >= 0.6 is 0 Å². The number of rotatable bonds is 4. The Balaban J connectivity index is 2.09. The van der Waals surface area contributed by atoms with Gasteiger partial charge >= 0.3 is 0 Å². The topological polar surface area (TPSA) is 29.9 Å². The maximum atomic E-state index is 4.88. The lowest BCUT2D eigenvalue weighted by atomic mass is 9.90. The molecule has 1 aromatic carbocycles. The molecular weight excluding hydrogens is 246 g/mol. The fourth-order valence-corrected chi connectivity index (χ4v) is 3.62. The lowest BCUT2D eigenvalue weighted by molar-refractivity contribution is 0.274. The monoisotopic (exact) mass is 271 g/mol. The zero-order chi connectivity index (χ0) is 13.9. The first-order valence-electron chi connectivity index (χ1n) is 7.98. The molecule has 3 heteroatoms. The van der Waals surface area contributed by atoms with Crippen molar-refractivity contribution < 1.29 is 0 Å². The SMILES string of the molecule is CCCc1nc2ccccc2n1C1CCCCC1NC. The maximum absolute atomic E-state index is 4.88. The third-order valence-electron chi connectivity index (χ3n) is 4.57. The van der Waals surface area contributed by atoms with E-state index in [1.165, 1.54) is 37.0 Å². The first-order chi connectivity index (χ1) is 9.85. The fraction of sp³-hybridized carbons (Fsp3) is 0.588. The first-order valence-corrected chi connectivity index (χ1v) is 7.98. The highest BCUT2D eigenvalue weighted by molar-refractivity contribution is 5.76. The summed E-state index contributed by atoms with van der Waals surface area (Å²) >= 11 is 0. The summed E-state index contributed by atoms with van der Waals surface area (Å²) in [6.45, 7) is 2.24. The van der Waals surface area contributed by atoms with Crippen LogP contribution in [-0.4, -0.2) is 22.6 Å². The van der Waals surface area contributed by atoms with Gasteiger partial charge in [-0.05, 0) is 38.4 Å². The Bertz CT molecular complexity index is 573. The normalized spacial score (nSPS) is 23.3. The second kappa shape index (κ2) is 5.96. The summed E-state index contributed by atoms with van der Waals surface area (Å²) in [6, 6.07) is 9.73. The van der Waals surface area contributed by atoms with Gasteiger partial charge < -0.3 is 9.88 Å². The second-order valence-electron chi connectivity index (χ2n) is 5.88. The summed E-state index contributed by atoms with van der Waals surface area (Å²) in [7, 11) is 2.10. The van der Waals surface area contributed by atoms with Crippen molar-refractivity contribution in [2.24, 2.45) is 0 Å². The fourth-order valence-electron chi connectivity index (χ4n) is 3.62. The van der Waals surface area contributed by atoms with E-state index < -0.39 is 0 Å². The Labute approximate surface area is 121 Å². The molecule has 1 aromatic heterocycles. The molecule has 0 bridgehead atoms. The number of nitrogens with zero attached hydrogens (tertiary/aromatic N) is 2. The molecule has 2 aromatic rings. The Hall–Kier alpha value is -1.35. The molecule has 1 saturated carbocycles. The number of hydrogen-bond acceptors (Lipinski definition) is 2. The molecule has 1 heterocycles. The first kappa shape index (κ1) is 13.6. The van der Waals surface area contributed by atoms with Gasteiger partial charge in [0.15, 0.2) is 0 Å². The van der Waals surface area contributed by atoms with Crippen LogP contribution in [0.3, 0.4) is 0 Å². The van der Waals surface area contributed by atoms with Crippen LogP contribution < -0.4 is 5.32 Å². The highest BCUT2D eigenvalue weighted by Crippen LogP contribution is 2.33. The average Bonchev–Trinajstić information content (AvgIpc) is 2.85. The van der Waals surface area contributed by atoms with Gasteiger partial charge in [-0.3, -0.25) is 0 Å². The third-order valence-corrected chi connectivity index (χ3v) is 4.57. The molecule has 0 amide bonds. The van der Waals surface area contributed by atoms with Crippen molar-refractivity contribution in [3.63, 3.8) is 0 Å². The highest BCUT2D eigenvalue weighted by atomic mass is 15.1. The Morgan fingerprint density at radius 2 is 2.05 bits per heavy atom. The quantitative estimate of drug-likeness (QED) is 0.919. The van der Waals surface area contributed by atoms with Crippen molar-refractivity contribution in [2.75, 3.05) is 7.05 Å². The molecule has 0 aliphatic heterocycles. The van der Waals surface area contributed by atoms with Gasteiger partial charge in [0, 0.05) is 12.5 Å². The Morgan fingerprint density at radius 1 is 1.25 bits per heavy atom. The summed E-state index contributed by atoms with van der Waals surface area (Å²) < 4.78 is 2.53. The van der Waals surface area contributed by atoms with Crippen LogP contribution in [0.15, 0.2) is 24.3 Å². The lowest BCUT2D eigenvalue weighted by Crippen LogP contribution is -2.38. The number of aromatic nitrogens is 2. The van der Waals surface area contributed by atoms with Crippen LogP contribution in [0.1, 0.15) is 50.9 Å². The molecule has 2 unspecified atom stereocenters. The third kappa shape index (κ3) is 2.35. The van der Waals surface area contributed by atoms with Crippen LogP contribution in [0, 0.1) is 0 Å². The minimum atomic E-state index is 0.558. The van der Waals surface area contributed by atoms with E-state index in [2.05, 4.69) is 48.1 Å². The summed E-state index contributed by atoms with van der Waals surface area (Å²) in [4.78, 5) is 4.88. The number of fused-ring (bicyclic) bond motifs is 1. The minimum absolute atomic E-state index is 0.558. The highest BCUT2D eigenvalue weighted by Gasteiger charge is 2.28. The molecule has 0 radical (unpaired) electrons. The molecule has 108 valence electrons. The van der Waals surface area contributed by atoms with E-state index in [-0.39, 0.29) is 0 Å². The molecule has 3 rings (SSSR count). The molecule has 20 heavy (non-hydrogen) atoms. The predicted molar refractivity (Wildman–Crippen MR) is 84.1 cm³/mol. The molecule has 1 fully saturated rings. The van der Waals surface area contributed by atoms with Crippen LogP contribution in [-0.2, 0) is 6.42 Å². The largest absolute Gasteiger partial charge is 0.323 e. The average molecular weight is 271 g/mol. The van der Waals surface area contributed by atoms with Crippen molar-refractivity contribution in [1.82, 2.24) is 14.9 Å². The van der Waals surface area contributed by atoms with Gasteiger partial charge in [-0.15, -0.1) is 0 Å². The number of benzene rings is 1. The number of hydrogen-bond donors (Lipinski definition) is 1. The van der Waals surface area contributed by atoms with Crippen LogP contribution in [0.5, 0.6) is 0 Å². The van der Waals surface area contributed by atoms with Crippen LogP contribution in [0.4, 0.5) is 0 Å². The predicted octanol–water partition coefficient (Wildman–Crippen LogP) is 3.69. The minimum Gasteiger partial charge on any atom is -0.323 e. The van der Waals surface area contributed by atoms with Crippen molar-refractivity contribution in [2.45, 2.75) is 57.5 Å². The molecule has 1 aliphatic rings. The summed E-state index contributed by atoms with van der Waals surface area (Å²) in [5, 5.41) is 3.53. The van der Waals surface area contributed by atoms with Crippen molar-refractivity contribution in [3.8, 4) is 0 Å². The van der Waals surface area contributed by atoms with Gasteiger partial charge in [-0.1, -0.05) is 31.9 Å². The molecule has 1 aliphatic carbocycles.